The Morgan fingerprint density at radius 1 is 1.04 bits per heavy atom. The standard InChI is InChI=1S/C17H18N4O2S2/c1-3-13-7-4-6-12(2)17(13)18-14-9-10-15(20-19-14)21-25(22,23)16-8-5-11-24-16/h4-11H,3H2,1-2H3,(H,18,19)(H,20,21). The lowest BCUT2D eigenvalue weighted by Gasteiger charge is -2.13. The number of anilines is 3. The molecule has 6 nitrogen and oxygen atoms in total. The highest BCUT2D eigenvalue weighted by Gasteiger charge is 2.16. The molecule has 0 saturated carbocycles. The predicted molar refractivity (Wildman–Crippen MR) is 101 cm³/mol. The molecule has 2 heterocycles. The van der Waals surface area contributed by atoms with Crippen molar-refractivity contribution >= 4 is 38.7 Å². The van der Waals surface area contributed by atoms with Crippen molar-refractivity contribution in [2.24, 2.45) is 0 Å². The van der Waals surface area contributed by atoms with Gasteiger partial charge in [0.1, 0.15) is 4.21 Å². The summed E-state index contributed by atoms with van der Waals surface area (Å²) in [5.41, 5.74) is 3.30. The van der Waals surface area contributed by atoms with Crippen LogP contribution in [0.3, 0.4) is 0 Å². The second kappa shape index (κ2) is 7.20. The molecule has 0 saturated heterocycles. The van der Waals surface area contributed by atoms with Gasteiger partial charge >= 0.3 is 0 Å². The lowest BCUT2D eigenvalue weighted by molar-refractivity contribution is 0.603. The number of hydrogen-bond donors (Lipinski definition) is 2. The van der Waals surface area contributed by atoms with Crippen molar-refractivity contribution < 1.29 is 8.42 Å². The molecular formula is C17H18N4O2S2. The van der Waals surface area contributed by atoms with Crippen molar-refractivity contribution in [3.63, 3.8) is 0 Å². The van der Waals surface area contributed by atoms with E-state index in [0.29, 0.717) is 5.82 Å². The van der Waals surface area contributed by atoms with E-state index >= 15 is 0 Å². The molecule has 0 amide bonds. The molecule has 0 aliphatic rings. The summed E-state index contributed by atoms with van der Waals surface area (Å²) in [4.78, 5) is 0. The van der Waals surface area contributed by atoms with Gasteiger partial charge in [-0.05, 0) is 48.1 Å². The number of sulfonamides is 1. The molecule has 1 aromatic carbocycles. The SMILES string of the molecule is CCc1cccc(C)c1Nc1ccc(NS(=O)(=O)c2cccs2)nn1. The molecule has 2 N–H and O–H groups in total. The van der Waals surface area contributed by atoms with Crippen LogP contribution in [0.25, 0.3) is 0 Å². The Bertz CT molecular complexity index is 953. The van der Waals surface area contributed by atoms with Crippen LogP contribution in [-0.4, -0.2) is 18.6 Å². The van der Waals surface area contributed by atoms with Crippen LogP contribution in [0, 0.1) is 6.92 Å². The Morgan fingerprint density at radius 2 is 1.80 bits per heavy atom. The van der Waals surface area contributed by atoms with Gasteiger partial charge in [0.25, 0.3) is 10.0 Å². The first-order chi connectivity index (χ1) is 12.0. The van der Waals surface area contributed by atoms with Gasteiger partial charge in [-0.25, -0.2) is 8.42 Å². The van der Waals surface area contributed by atoms with E-state index in [4.69, 9.17) is 0 Å². The van der Waals surface area contributed by atoms with Crippen molar-refractivity contribution in [3.05, 3.63) is 59.0 Å². The highest BCUT2D eigenvalue weighted by atomic mass is 32.2. The number of aryl methyl sites for hydroxylation is 2. The summed E-state index contributed by atoms with van der Waals surface area (Å²) in [7, 11) is -3.61. The van der Waals surface area contributed by atoms with Crippen LogP contribution < -0.4 is 10.0 Å². The molecule has 0 fully saturated rings. The molecular weight excluding hydrogens is 356 g/mol. The zero-order valence-electron chi connectivity index (χ0n) is 13.9. The number of hydrogen-bond acceptors (Lipinski definition) is 6. The van der Waals surface area contributed by atoms with Gasteiger partial charge in [-0.1, -0.05) is 31.2 Å². The van der Waals surface area contributed by atoms with Crippen LogP contribution in [0.15, 0.2) is 52.1 Å². The van der Waals surface area contributed by atoms with Crippen LogP contribution in [0.5, 0.6) is 0 Å². The lowest BCUT2D eigenvalue weighted by atomic mass is 10.1. The van der Waals surface area contributed by atoms with Gasteiger partial charge in [0.15, 0.2) is 11.6 Å². The summed E-state index contributed by atoms with van der Waals surface area (Å²) in [6, 6.07) is 12.6. The van der Waals surface area contributed by atoms with E-state index in [0.717, 1.165) is 29.0 Å². The summed E-state index contributed by atoms with van der Waals surface area (Å²) in [5, 5.41) is 13.0. The molecule has 0 radical (unpaired) electrons. The van der Waals surface area contributed by atoms with Gasteiger partial charge in [0, 0.05) is 5.69 Å². The van der Waals surface area contributed by atoms with Crippen LogP contribution in [-0.2, 0) is 16.4 Å². The first kappa shape index (κ1) is 17.4. The fourth-order valence-electron chi connectivity index (χ4n) is 2.39. The third-order valence-corrected chi connectivity index (χ3v) is 6.41. The predicted octanol–water partition coefficient (Wildman–Crippen LogP) is 3.95. The van der Waals surface area contributed by atoms with Gasteiger partial charge in [-0.2, -0.15) is 0 Å². The average molecular weight is 374 g/mol. The van der Waals surface area contributed by atoms with Gasteiger partial charge in [0.05, 0.1) is 0 Å². The summed E-state index contributed by atoms with van der Waals surface area (Å²) in [6.07, 6.45) is 0.899. The van der Waals surface area contributed by atoms with E-state index in [9.17, 15) is 8.42 Å². The fraction of sp³-hybridized carbons (Fsp3) is 0.176. The molecule has 25 heavy (non-hydrogen) atoms. The van der Waals surface area contributed by atoms with Crippen molar-refractivity contribution in [1.82, 2.24) is 10.2 Å². The molecule has 0 bridgehead atoms. The highest BCUT2D eigenvalue weighted by Crippen LogP contribution is 2.25. The molecule has 3 aromatic rings. The molecule has 8 heteroatoms. The molecule has 3 rings (SSSR count). The minimum atomic E-state index is -3.61. The van der Waals surface area contributed by atoms with Gasteiger partial charge < -0.3 is 5.32 Å². The zero-order valence-corrected chi connectivity index (χ0v) is 15.5. The highest BCUT2D eigenvalue weighted by molar-refractivity contribution is 7.94. The molecule has 130 valence electrons. The molecule has 0 aliphatic heterocycles. The summed E-state index contributed by atoms with van der Waals surface area (Å²) in [6.45, 7) is 4.12. The monoisotopic (exact) mass is 374 g/mol. The third kappa shape index (κ3) is 3.97. The molecule has 0 spiro atoms. The van der Waals surface area contributed by atoms with Gasteiger partial charge in [-0.15, -0.1) is 21.5 Å². The molecule has 0 unspecified atom stereocenters. The zero-order chi connectivity index (χ0) is 17.9. The Labute approximate surface area is 151 Å². The minimum Gasteiger partial charge on any atom is -0.338 e. The number of nitrogens with one attached hydrogen (secondary N) is 2. The first-order valence-corrected chi connectivity index (χ1v) is 10.1. The van der Waals surface area contributed by atoms with Crippen LogP contribution in [0.4, 0.5) is 17.3 Å². The summed E-state index contributed by atoms with van der Waals surface area (Å²) >= 11 is 1.15. The molecule has 0 aliphatic carbocycles. The minimum absolute atomic E-state index is 0.180. The van der Waals surface area contributed by atoms with Gasteiger partial charge in [0.2, 0.25) is 0 Å². The van der Waals surface area contributed by atoms with E-state index in [1.807, 2.05) is 19.1 Å². The Hall–Kier alpha value is -2.45. The third-order valence-electron chi connectivity index (χ3n) is 3.66. The first-order valence-electron chi connectivity index (χ1n) is 7.75. The number of para-hydroxylation sites is 1. The fourth-order valence-corrected chi connectivity index (χ4v) is 4.38. The Morgan fingerprint density at radius 3 is 2.44 bits per heavy atom. The summed E-state index contributed by atoms with van der Waals surface area (Å²) in [5.74, 6) is 0.738. The maximum absolute atomic E-state index is 12.2. The Balaban J connectivity index is 1.78. The second-order valence-electron chi connectivity index (χ2n) is 5.43. The maximum Gasteiger partial charge on any atom is 0.272 e. The number of aromatic nitrogens is 2. The smallest absolute Gasteiger partial charge is 0.272 e. The van der Waals surface area contributed by atoms with E-state index < -0.39 is 10.0 Å². The van der Waals surface area contributed by atoms with Crippen molar-refractivity contribution in [2.45, 2.75) is 24.5 Å². The van der Waals surface area contributed by atoms with Gasteiger partial charge in [-0.3, -0.25) is 4.72 Å². The normalized spacial score (nSPS) is 11.3. The Kier molecular flexibility index (Phi) is 5.00. The topological polar surface area (TPSA) is 84.0 Å². The second-order valence-corrected chi connectivity index (χ2v) is 8.29. The number of rotatable bonds is 6. The average Bonchev–Trinajstić information content (AvgIpc) is 3.13. The van der Waals surface area contributed by atoms with Crippen molar-refractivity contribution in [2.75, 3.05) is 10.0 Å². The number of nitrogens with zero attached hydrogens (tertiary/aromatic N) is 2. The quantitative estimate of drug-likeness (QED) is 0.682. The van der Waals surface area contributed by atoms with E-state index in [1.54, 1.807) is 29.6 Å². The van der Waals surface area contributed by atoms with E-state index in [-0.39, 0.29) is 10.0 Å². The maximum atomic E-state index is 12.2. The number of benzene rings is 1. The lowest BCUT2D eigenvalue weighted by Crippen LogP contribution is -2.13. The van der Waals surface area contributed by atoms with Crippen LogP contribution in [0.2, 0.25) is 0 Å². The van der Waals surface area contributed by atoms with E-state index in [1.165, 1.54) is 5.56 Å². The largest absolute Gasteiger partial charge is 0.338 e. The summed E-state index contributed by atoms with van der Waals surface area (Å²) < 4.78 is 27.0. The van der Waals surface area contributed by atoms with Crippen LogP contribution in [0.1, 0.15) is 18.1 Å². The van der Waals surface area contributed by atoms with Crippen molar-refractivity contribution in [3.8, 4) is 0 Å². The molecule has 0 atom stereocenters. The molecule has 2 aromatic heterocycles. The number of thiophene rings is 1. The van der Waals surface area contributed by atoms with Crippen LogP contribution >= 0.6 is 11.3 Å². The van der Waals surface area contributed by atoms with E-state index in [2.05, 4.69) is 33.2 Å². The van der Waals surface area contributed by atoms with Crippen molar-refractivity contribution in [1.29, 1.82) is 0 Å².